The third-order valence-electron chi connectivity index (χ3n) is 5.42. The Hall–Kier alpha value is -3.06. The van der Waals surface area contributed by atoms with Gasteiger partial charge in [0.15, 0.2) is 0 Å². The maximum atomic E-state index is 14.3. The largest absolute Gasteiger partial charge is 0.366 e. The molecule has 2 aromatic carbocycles. The minimum absolute atomic E-state index is 0.0218. The molecule has 186 valence electrons. The van der Waals surface area contributed by atoms with E-state index in [1.165, 1.54) is 43.9 Å². The second-order valence-electron chi connectivity index (χ2n) is 8.07. The highest BCUT2D eigenvalue weighted by Gasteiger charge is 2.19. The Morgan fingerprint density at radius 1 is 1.00 bits per heavy atom. The van der Waals surface area contributed by atoms with E-state index in [2.05, 4.69) is 19.2 Å². The molecule has 34 heavy (non-hydrogen) atoms. The van der Waals surface area contributed by atoms with Gasteiger partial charge < -0.3 is 21.4 Å². The van der Waals surface area contributed by atoms with E-state index < -0.39 is 11.7 Å². The number of nitrogens with one attached hydrogen (secondary N) is 2. The Morgan fingerprint density at radius 2 is 1.62 bits per heavy atom. The highest BCUT2D eigenvalue weighted by atomic mass is 19.1. The quantitative estimate of drug-likeness (QED) is 0.307. The van der Waals surface area contributed by atoms with Gasteiger partial charge in [0.05, 0.1) is 5.56 Å². The smallest absolute Gasteiger partial charge is 0.256 e. The number of hydrogen-bond donors (Lipinski definition) is 3. The first-order chi connectivity index (χ1) is 16.3. The summed E-state index contributed by atoms with van der Waals surface area (Å²) in [6.07, 6.45) is 5.68. The van der Waals surface area contributed by atoms with E-state index in [0.29, 0.717) is 30.8 Å². The fraction of sp³-hybridized carbons (Fsp3) is 0.444. The second kappa shape index (κ2) is 15.7. The van der Waals surface area contributed by atoms with Crippen LogP contribution in [0.3, 0.4) is 0 Å². The first-order valence-electron chi connectivity index (χ1n) is 12.0. The first kappa shape index (κ1) is 29.0. The van der Waals surface area contributed by atoms with Crippen LogP contribution < -0.4 is 11.1 Å². The molecule has 0 bridgehead atoms. The number of primary amides is 1. The highest BCUT2D eigenvalue weighted by Crippen LogP contribution is 2.17. The lowest BCUT2D eigenvalue weighted by atomic mass is 9.96. The number of amides is 2. The summed E-state index contributed by atoms with van der Waals surface area (Å²) in [5.74, 6) is -1.60. The molecule has 0 aromatic heterocycles. The lowest BCUT2D eigenvalue weighted by molar-refractivity contribution is 0.0761. The highest BCUT2D eigenvalue weighted by molar-refractivity contribution is 6.09. The van der Waals surface area contributed by atoms with Gasteiger partial charge in [0.25, 0.3) is 5.91 Å². The number of benzene rings is 2. The summed E-state index contributed by atoms with van der Waals surface area (Å²) in [7, 11) is 1.79. The third kappa shape index (κ3) is 9.06. The van der Waals surface area contributed by atoms with E-state index in [4.69, 9.17) is 11.1 Å². The SMILES string of the molecule is CCCCCC.CCN(CCNC)C(=O)c1cc(CC(=N)c2ccccc2C(N)=O)ccc1F. The van der Waals surface area contributed by atoms with Gasteiger partial charge in [0, 0.05) is 42.9 Å². The average Bonchev–Trinajstić information content (AvgIpc) is 2.84. The fourth-order valence-electron chi connectivity index (χ4n) is 3.43. The Bertz CT molecular complexity index is 942. The summed E-state index contributed by atoms with van der Waals surface area (Å²) in [6.45, 7) is 7.84. The fourth-order valence-corrected chi connectivity index (χ4v) is 3.43. The Balaban J connectivity index is 0.000000852. The van der Waals surface area contributed by atoms with Crippen LogP contribution in [-0.2, 0) is 6.42 Å². The molecular formula is C27H39FN4O2. The summed E-state index contributed by atoms with van der Waals surface area (Å²) in [4.78, 5) is 25.8. The standard InChI is InChI=1S/C21H25FN4O2.C6H14/c1-3-26(11-10-25-2)21(28)17-12-14(8-9-18(17)22)13-19(23)15-6-4-5-7-16(15)20(24)27;1-3-5-6-4-2/h4-9,12,23,25H,3,10-11,13H2,1-2H3,(H2,24,27);3-6H2,1-2H3. The van der Waals surface area contributed by atoms with Crippen molar-refractivity contribution < 1.29 is 14.0 Å². The molecule has 0 spiro atoms. The van der Waals surface area contributed by atoms with Gasteiger partial charge in [-0.15, -0.1) is 0 Å². The van der Waals surface area contributed by atoms with Crippen molar-refractivity contribution in [1.29, 1.82) is 5.41 Å². The molecule has 0 aliphatic heterocycles. The number of carbonyl (C=O) groups excluding carboxylic acids is 2. The molecule has 0 radical (unpaired) electrons. The molecule has 0 heterocycles. The molecule has 0 aliphatic rings. The number of nitrogens with two attached hydrogens (primary N) is 1. The molecule has 2 aromatic rings. The van der Waals surface area contributed by atoms with Crippen LogP contribution in [0.5, 0.6) is 0 Å². The van der Waals surface area contributed by atoms with Gasteiger partial charge in [-0.05, 0) is 37.7 Å². The van der Waals surface area contributed by atoms with Crippen molar-refractivity contribution in [3.8, 4) is 0 Å². The second-order valence-corrected chi connectivity index (χ2v) is 8.07. The molecular weight excluding hydrogens is 431 g/mol. The van der Waals surface area contributed by atoms with E-state index in [9.17, 15) is 14.0 Å². The van der Waals surface area contributed by atoms with E-state index in [1.54, 1.807) is 36.2 Å². The molecule has 2 amide bonds. The predicted octanol–water partition coefficient (Wildman–Crippen LogP) is 4.80. The molecule has 2 rings (SSSR count). The van der Waals surface area contributed by atoms with E-state index in [0.717, 1.165) is 0 Å². The summed E-state index contributed by atoms with van der Waals surface area (Å²) in [5.41, 5.74) is 6.82. The van der Waals surface area contributed by atoms with Crippen LogP contribution in [0, 0.1) is 11.2 Å². The summed E-state index contributed by atoms with van der Waals surface area (Å²) < 4.78 is 14.3. The van der Waals surface area contributed by atoms with Crippen molar-refractivity contribution in [2.45, 2.75) is 52.9 Å². The summed E-state index contributed by atoms with van der Waals surface area (Å²) in [6, 6.07) is 10.9. The minimum Gasteiger partial charge on any atom is -0.366 e. The number of likely N-dealkylation sites (N-methyl/N-ethyl adjacent to an activating group) is 2. The Morgan fingerprint density at radius 3 is 2.15 bits per heavy atom. The average molecular weight is 471 g/mol. The van der Waals surface area contributed by atoms with Crippen molar-refractivity contribution in [2.24, 2.45) is 5.73 Å². The maximum absolute atomic E-state index is 14.3. The number of halogens is 1. The van der Waals surface area contributed by atoms with Gasteiger partial charge >= 0.3 is 0 Å². The molecule has 0 aliphatic carbocycles. The topological polar surface area (TPSA) is 99.3 Å². The van der Waals surface area contributed by atoms with Crippen LogP contribution in [0.4, 0.5) is 4.39 Å². The lowest BCUT2D eigenvalue weighted by Gasteiger charge is -2.21. The van der Waals surface area contributed by atoms with Crippen LogP contribution in [0.25, 0.3) is 0 Å². The lowest BCUT2D eigenvalue weighted by Crippen LogP contribution is -2.36. The van der Waals surface area contributed by atoms with Crippen LogP contribution in [-0.4, -0.2) is 49.1 Å². The van der Waals surface area contributed by atoms with Gasteiger partial charge in [-0.1, -0.05) is 63.8 Å². The number of rotatable bonds is 12. The van der Waals surface area contributed by atoms with E-state index in [1.807, 2.05) is 6.92 Å². The van der Waals surface area contributed by atoms with Crippen molar-refractivity contribution >= 4 is 17.5 Å². The molecule has 0 atom stereocenters. The zero-order valence-corrected chi connectivity index (χ0v) is 20.9. The molecule has 0 saturated carbocycles. The summed E-state index contributed by atoms with van der Waals surface area (Å²) >= 11 is 0. The predicted molar refractivity (Wildman–Crippen MR) is 137 cm³/mol. The van der Waals surface area contributed by atoms with Gasteiger partial charge in [-0.25, -0.2) is 4.39 Å². The monoisotopic (exact) mass is 470 g/mol. The molecule has 0 saturated heterocycles. The number of carbonyl (C=O) groups is 2. The van der Waals surface area contributed by atoms with E-state index in [-0.39, 0.29) is 29.2 Å². The number of hydrogen-bond acceptors (Lipinski definition) is 4. The Kier molecular flexibility index (Phi) is 13.4. The van der Waals surface area contributed by atoms with Gasteiger partial charge in [0.2, 0.25) is 5.91 Å². The molecule has 6 nitrogen and oxygen atoms in total. The van der Waals surface area contributed by atoms with Crippen LogP contribution in [0.15, 0.2) is 42.5 Å². The number of unbranched alkanes of at least 4 members (excludes halogenated alkanes) is 3. The number of nitrogens with zero attached hydrogens (tertiary/aromatic N) is 1. The summed E-state index contributed by atoms with van der Waals surface area (Å²) in [5, 5.41) is 11.3. The van der Waals surface area contributed by atoms with Gasteiger partial charge in [-0.3, -0.25) is 9.59 Å². The van der Waals surface area contributed by atoms with Crippen molar-refractivity contribution in [2.75, 3.05) is 26.7 Å². The molecule has 0 fully saturated rings. The zero-order chi connectivity index (χ0) is 25.5. The van der Waals surface area contributed by atoms with Crippen molar-refractivity contribution in [3.63, 3.8) is 0 Å². The third-order valence-corrected chi connectivity index (χ3v) is 5.42. The van der Waals surface area contributed by atoms with Gasteiger partial charge in [0.1, 0.15) is 5.82 Å². The molecule has 7 heteroatoms. The normalized spacial score (nSPS) is 10.3. The Labute approximate surface area is 203 Å². The van der Waals surface area contributed by atoms with Gasteiger partial charge in [-0.2, -0.15) is 0 Å². The molecule has 0 unspecified atom stereocenters. The van der Waals surface area contributed by atoms with Crippen molar-refractivity contribution in [3.05, 3.63) is 70.5 Å². The maximum Gasteiger partial charge on any atom is 0.256 e. The minimum atomic E-state index is -0.613. The molecule has 4 N–H and O–H groups in total. The van der Waals surface area contributed by atoms with Crippen LogP contribution >= 0.6 is 0 Å². The van der Waals surface area contributed by atoms with E-state index >= 15 is 0 Å². The van der Waals surface area contributed by atoms with Crippen LogP contribution in [0.2, 0.25) is 0 Å². The van der Waals surface area contributed by atoms with Crippen LogP contribution in [0.1, 0.15) is 78.3 Å². The first-order valence-corrected chi connectivity index (χ1v) is 12.0. The zero-order valence-electron chi connectivity index (χ0n) is 20.9. The van der Waals surface area contributed by atoms with Crippen molar-refractivity contribution in [1.82, 2.24) is 10.2 Å².